The molecular formula is C20H21NO6S. The maximum atomic E-state index is 12.6. The highest BCUT2D eigenvalue weighted by Crippen LogP contribution is 2.25. The Bertz CT molecular complexity index is 1040. The molecule has 0 fully saturated rings. The van der Waals surface area contributed by atoms with E-state index >= 15 is 0 Å². The molecule has 0 saturated heterocycles. The smallest absolute Gasteiger partial charge is 0.338 e. The number of carbonyl (C=O) groups excluding carboxylic acids is 2. The molecule has 2 N–H and O–H groups in total. The molecule has 0 aliphatic heterocycles. The van der Waals surface area contributed by atoms with Gasteiger partial charge in [0.2, 0.25) is 15.8 Å². The van der Waals surface area contributed by atoms with E-state index in [4.69, 9.17) is 14.6 Å². The molecule has 7 nitrogen and oxygen atoms in total. The third-order valence-electron chi connectivity index (χ3n) is 4.74. The molecule has 8 heteroatoms. The number of nitrogens with two attached hydrogens (primary N) is 1. The fourth-order valence-corrected chi connectivity index (χ4v) is 3.99. The summed E-state index contributed by atoms with van der Waals surface area (Å²) in [5.74, 6) is -1.13. The van der Waals surface area contributed by atoms with Crippen LogP contribution in [0.5, 0.6) is 5.75 Å². The molecule has 1 aliphatic carbocycles. The lowest BCUT2D eigenvalue weighted by molar-refractivity contribution is 0.0318. The van der Waals surface area contributed by atoms with Gasteiger partial charge in [0, 0.05) is 5.56 Å². The van der Waals surface area contributed by atoms with E-state index in [0.717, 1.165) is 30.9 Å². The van der Waals surface area contributed by atoms with E-state index in [0.29, 0.717) is 5.56 Å². The molecule has 0 heterocycles. The molecule has 1 atom stereocenters. The number of benzene rings is 2. The van der Waals surface area contributed by atoms with E-state index in [9.17, 15) is 18.0 Å². The Morgan fingerprint density at radius 2 is 1.71 bits per heavy atom. The van der Waals surface area contributed by atoms with Crippen LogP contribution in [0.25, 0.3) is 0 Å². The Kier molecular flexibility index (Phi) is 5.53. The van der Waals surface area contributed by atoms with Gasteiger partial charge in [-0.1, -0.05) is 12.1 Å². The van der Waals surface area contributed by atoms with Gasteiger partial charge in [-0.15, -0.1) is 0 Å². The fourth-order valence-electron chi connectivity index (χ4n) is 3.27. The molecule has 28 heavy (non-hydrogen) atoms. The number of ketones is 1. The second-order valence-electron chi connectivity index (χ2n) is 6.66. The minimum atomic E-state index is -4.09. The molecule has 148 valence electrons. The van der Waals surface area contributed by atoms with Crippen molar-refractivity contribution in [2.75, 3.05) is 7.11 Å². The predicted octanol–water partition coefficient (Wildman–Crippen LogP) is 2.26. The van der Waals surface area contributed by atoms with Crippen molar-refractivity contribution in [2.24, 2.45) is 5.14 Å². The summed E-state index contributed by atoms with van der Waals surface area (Å²) in [5, 5.41) is 5.16. The van der Waals surface area contributed by atoms with Crippen molar-refractivity contribution in [2.45, 2.75) is 37.2 Å². The Morgan fingerprint density at radius 1 is 1.04 bits per heavy atom. The van der Waals surface area contributed by atoms with Gasteiger partial charge < -0.3 is 9.47 Å². The number of ether oxygens (including phenoxy) is 2. The first-order chi connectivity index (χ1) is 13.2. The molecule has 0 radical (unpaired) electrons. The van der Waals surface area contributed by atoms with Crippen molar-refractivity contribution in [1.29, 1.82) is 0 Å². The standard InChI is InChI=1S/C20H21NO6S/c1-12(19(22)15-7-6-13-4-3-5-14(13)10-15)27-20(23)16-8-9-17(26-2)18(11-16)28(21,24)25/h6-12H,3-5H2,1-2H3,(H2,21,24,25). The van der Waals surface area contributed by atoms with Crippen LogP contribution in [0.1, 0.15) is 45.2 Å². The quantitative estimate of drug-likeness (QED) is 0.585. The van der Waals surface area contributed by atoms with Crippen molar-refractivity contribution in [3.63, 3.8) is 0 Å². The highest BCUT2D eigenvalue weighted by atomic mass is 32.2. The number of aryl methyl sites for hydroxylation is 2. The number of hydrogen-bond donors (Lipinski definition) is 1. The average Bonchev–Trinajstić information content (AvgIpc) is 3.13. The Morgan fingerprint density at radius 3 is 2.39 bits per heavy atom. The molecular weight excluding hydrogens is 382 g/mol. The number of carbonyl (C=O) groups is 2. The second kappa shape index (κ2) is 7.73. The van der Waals surface area contributed by atoms with Gasteiger partial charge in [0.05, 0.1) is 12.7 Å². The predicted molar refractivity (Wildman–Crippen MR) is 102 cm³/mol. The summed E-state index contributed by atoms with van der Waals surface area (Å²) in [6, 6.07) is 9.26. The number of esters is 1. The molecule has 0 amide bonds. The number of rotatable bonds is 6. The highest BCUT2D eigenvalue weighted by Gasteiger charge is 2.24. The van der Waals surface area contributed by atoms with E-state index in [-0.39, 0.29) is 22.0 Å². The van der Waals surface area contributed by atoms with Crippen molar-refractivity contribution < 1.29 is 27.5 Å². The maximum absolute atomic E-state index is 12.6. The van der Waals surface area contributed by atoms with Crippen LogP contribution in [0.4, 0.5) is 0 Å². The normalized spacial score (nSPS) is 14.2. The lowest BCUT2D eigenvalue weighted by Crippen LogP contribution is -2.25. The van der Waals surface area contributed by atoms with Gasteiger partial charge in [-0.3, -0.25) is 4.79 Å². The van der Waals surface area contributed by atoms with Gasteiger partial charge in [0.25, 0.3) is 0 Å². The van der Waals surface area contributed by atoms with Gasteiger partial charge in [-0.25, -0.2) is 18.4 Å². The van der Waals surface area contributed by atoms with Crippen LogP contribution < -0.4 is 9.88 Å². The molecule has 0 bridgehead atoms. The number of fused-ring (bicyclic) bond motifs is 1. The van der Waals surface area contributed by atoms with E-state index in [1.165, 1.54) is 31.7 Å². The van der Waals surface area contributed by atoms with Crippen molar-refractivity contribution in [3.8, 4) is 5.75 Å². The highest BCUT2D eigenvalue weighted by molar-refractivity contribution is 7.89. The zero-order valence-electron chi connectivity index (χ0n) is 15.6. The molecule has 2 aromatic rings. The number of hydrogen-bond acceptors (Lipinski definition) is 6. The van der Waals surface area contributed by atoms with Crippen LogP contribution in [0.3, 0.4) is 0 Å². The topological polar surface area (TPSA) is 113 Å². The van der Waals surface area contributed by atoms with Gasteiger partial charge in [-0.05, 0) is 61.6 Å². The Labute approximate surface area is 163 Å². The molecule has 3 rings (SSSR count). The van der Waals surface area contributed by atoms with E-state index in [2.05, 4.69) is 0 Å². The van der Waals surface area contributed by atoms with Crippen molar-refractivity contribution in [3.05, 3.63) is 58.7 Å². The van der Waals surface area contributed by atoms with Gasteiger partial charge in [0.15, 0.2) is 6.10 Å². The van der Waals surface area contributed by atoms with Crippen LogP contribution in [0.15, 0.2) is 41.3 Å². The molecule has 0 aromatic heterocycles. The van der Waals surface area contributed by atoms with Crippen molar-refractivity contribution >= 4 is 21.8 Å². The van der Waals surface area contributed by atoms with Gasteiger partial charge in [-0.2, -0.15) is 0 Å². The first-order valence-corrected chi connectivity index (χ1v) is 10.3. The summed E-state index contributed by atoms with van der Waals surface area (Å²) in [6.45, 7) is 1.48. The summed E-state index contributed by atoms with van der Waals surface area (Å²) in [5.41, 5.74) is 2.84. The third kappa shape index (κ3) is 4.07. The third-order valence-corrected chi connectivity index (χ3v) is 5.67. The van der Waals surface area contributed by atoms with Crippen LogP contribution in [0, 0.1) is 0 Å². The zero-order chi connectivity index (χ0) is 20.5. The summed E-state index contributed by atoms with van der Waals surface area (Å²) >= 11 is 0. The summed E-state index contributed by atoms with van der Waals surface area (Å²) in [4.78, 5) is 24.7. The Hall–Kier alpha value is -2.71. The number of Topliss-reactive ketones (excluding diaryl/α,β-unsaturated/α-hetero) is 1. The minimum Gasteiger partial charge on any atom is -0.495 e. The molecule has 1 aliphatic rings. The molecule has 0 saturated carbocycles. The van der Waals surface area contributed by atoms with E-state index in [1.807, 2.05) is 12.1 Å². The fraction of sp³-hybridized carbons (Fsp3) is 0.300. The van der Waals surface area contributed by atoms with Crippen molar-refractivity contribution in [1.82, 2.24) is 0 Å². The monoisotopic (exact) mass is 403 g/mol. The summed E-state index contributed by atoms with van der Waals surface area (Å²) in [7, 11) is -2.80. The first-order valence-electron chi connectivity index (χ1n) is 8.78. The zero-order valence-corrected chi connectivity index (χ0v) is 16.4. The van der Waals surface area contributed by atoms with Crippen LogP contribution in [-0.4, -0.2) is 33.4 Å². The van der Waals surface area contributed by atoms with Crippen LogP contribution in [0.2, 0.25) is 0 Å². The lowest BCUT2D eigenvalue weighted by atomic mass is 10.0. The number of sulfonamides is 1. The summed E-state index contributed by atoms with van der Waals surface area (Å²) in [6.07, 6.45) is 2.00. The van der Waals surface area contributed by atoms with E-state index in [1.54, 1.807) is 6.07 Å². The molecule has 0 spiro atoms. The number of methoxy groups -OCH3 is 1. The van der Waals surface area contributed by atoms with E-state index < -0.39 is 22.1 Å². The summed E-state index contributed by atoms with van der Waals surface area (Å²) < 4.78 is 33.6. The van der Waals surface area contributed by atoms with Crippen LogP contribution >= 0.6 is 0 Å². The molecule has 2 aromatic carbocycles. The Balaban J connectivity index is 1.78. The average molecular weight is 403 g/mol. The molecule has 1 unspecified atom stereocenters. The number of primary sulfonamides is 1. The minimum absolute atomic E-state index is 0.0151. The largest absolute Gasteiger partial charge is 0.495 e. The lowest BCUT2D eigenvalue weighted by Gasteiger charge is -2.14. The first kappa shape index (κ1) is 20.0. The SMILES string of the molecule is COc1ccc(C(=O)OC(C)C(=O)c2ccc3c(c2)CCC3)cc1S(N)(=O)=O. The second-order valence-corrected chi connectivity index (χ2v) is 8.19. The van der Waals surface area contributed by atoms with Crippen LogP contribution in [-0.2, 0) is 27.6 Å². The van der Waals surface area contributed by atoms with Gasteiger partial charge in [0.1, 0.15) is 10.6 Å². The maximum Gasteiger partial charge on any atom is 0.338 e. The van der Waals surface area contributed by atoms with Gasteiger partial charge >= 0.3 is 5.97 Å².